The molecule has 0 atom stereocenters. The Morgan fingerprint density at radius 3 is 2.67 bits per heavy atom. The highest BCUT2D eigenvalue weighted by Gasteiger charge is 2.35. The molecule has 0 saturated carbocycles. The molecule has 1 aromatic carbocycles. The first-order valence-electron chi connectivity index (χ1n) is 5.97. The van der Waals surface area contributed by atoms with Crippen molar-refractivity contribution in [3.05, 3.63) is 41.7 Å². The summed E-state index contributed by atoms with van der Waals surface area (Å²) in [5.74, 6) is -0.841. The molecule has 0 spiro atoms. The Morgan fingerprint density at radius 1 is 1.24 bits per heavy atom. The van der Waals surface area contributed by atoms with Crippen LogP contribution in [-0.2, 0) is 12.7 Å². The van der Waals surface area contributed by atoms with Gasteiger partial charge in [0.05, 0.1) is 7.11 Å². The standard InChI is InChI=1S/C13H13F3N4O/c1-21-9-4-2-3-8(5-9)7-18-11-6-10(17)19-12(20-11)13(14,15)16/h2-6H,7H2,1H3,(H3,17,18,19,20). The normalized spacial score (nSPS) is 11.2. The Labute approximate surface area is 119 Å². The number of nitrogens with one attached hydrogen (secondary N) is 1. The fourth-order valence-electron chi connectivity index (χ4n) is 1.66. The number of ether oxygens (including phenoxy) is 1. The van der Waals surface area contributed by atoms with Crippen LogP contribution in [0.2, 0.25) is 0 Å². The van der Waals surface area contributed by atoms with Gasteiger partial charge in [-0.3, -0.25) is 0 Å². The summed E-state index contributed by atoms with van der Waals surface area (Å²) < 4.78 is 42.8. The predicted octanol–water partition coefficient (Wildman–Crippen LogP) is 2.70. The maximum Gasteiger partial charge on any atom is 0.451 e. The molecule has 3 N–H and O–H groups in total. The van der Waals surface area contributed by atoms with E-state index >= 15 is 0 Å². The molecular formula is C13H13F3N4O. The third-order valence-corrected chi connectivity index (χ3v) is 2.61. The number of alkyl halides is 3. The van der Waals surface area contributed by atoms with Crippen LogP contribution in [0.4, 0.5) is 24.8 Å². The van der Waals surface area contributed by atoms with Crippen LogP contribution in [0.25, 0.3) is 0 Å². The van der Waals surface area contributed by atoms with Gasteiger partial charge in [-0.1, -0.05) is 12.1 Å². The van der Waals surface area contributed by atoms with Crippen molar-refractivity contribution in [1.29, 1.82) is 0 Å². The van der Waals surface area contributed by atoms with E-state index in [1.807, 2.05) is 6.07 Å². The van der Waals surface area contributed by atoms with Crippen molar-refractivity contribution in [3.63, 3.8) is 0 Å². The Hall–Kier alpha value is -2.51. The molecule has 0 bridgehead atoms. The minimum atomic E-state index is -4.64. The van der Waals surface area contributed by atoms with Gasteiger partial charge in [0.1, 0.15) is 17.4 Å². The number of rotatable bonds is 4. The molecule has 8 heteroatoms. The minimum Gasteiger partial charge on any atom is -0.497 e. The van der Waals surface area contributed by atoms with Gasteiger partial charge in [0.2, 0.25) is 5.82 Å². The molecule has 0 radical (unpaired) electrons. The zero-order valence-electron chi connectivity index (χ0n) is 11.1. The van der Waals surface area contributed by atoms with Gasteiger partial charge >= 0.3 is 6.18 Å². The third kappa shape index (κ3) is 3.98. The van der Waals surface area contributed by atoms with E-state index in [-0.39, 0.29) is 18.2 Å². The van der Waals surface area contributed by atoms with E-state index < -0.39 is 12.0 Å². The van der Waals surface area contributed by atoms with Crippen LogP contribution in [0.5, 0.6) is 5.75 Å². The van der Waals surface area contributed by atoms with E-state index in [9.17, 15) is 13.2 Å². The second-order valence-corrected chi connectivity index (χ2v) is 4.20. The minimum absolute atomic E-state index is 0.0117. The fourth-order valence-corrected chi connectivity index (χ4v) is 1.66. The summed E-state index contributed by atoms with van der Waals surface area (Å²) in [6.45, 7) is 0.283. The summed E-state index contributed by atoms with van der Waals surface area (Å²) in [4.78, 5) is 6.57. The van der Waals surface area contributed by atoms with E-state index in [0.29, 0.717) is 5.75 Å². The summed E-state index contributed by atoms with van der Waals surface area (Å²) >= 11 is 0. The highest BCUT2D eigenvalue weighted by Crippen LogP contribution is 2.27. The summed E-state index contributed by atoms with van der Waals surface area (Å²) in [6, 6.07) is 8.38. The first-order chi connectivity index (χ1) is 9.88. The quantitative estimate of drug-likeness (QED) is 0.908. The van der Waals surface area contributed by atoms with Gasteiger partial charge in [-0.25, -0.2) is 9.97 Å². The number of benzene rings is 1. The number of nitrogens with zero attached hydrogens (tertiary/aromatic N) is 2. The zero-order valence-corrected chi connectivity index (χ0v) is 11.1. The van der Waals surface area contributed by atoms with Crippen molar-refractivity contribution in [3.8, 4) is 5.75 Å². The average molecular weight is 298 g/mol. The molecule has 0 unspecified atom stereocenters. The summed E-state index contributed by atoms with van der Waals surface area (Å²) in [5.41, 5.74) is 6.19. The van der Waals surface area contributed by atoms with Crippen molar-refractivity contribution in [2.45, 2.75) is 12.7 Å². The van der Waals surface area contributed by atoms with Gasteiger partial charge in [-0.2, -0.15) is 13.2 Å². The Morgan fingerprint density at radius 2 is 2.00 bits per heavy atom. The molecule has 0 aliphatic rings. The van der Waals surface area contributed by atoms with Gasteiger partial charge in [-0.15, -0.1) is 0 Å². The first-order valence-corrected chi connectivity index (χ1v) is 5.97. The third-order valence-electron chi connectivity index (χ3n) is 2.61. The number of nitrogen functional groups attached to an aromatic ring is 1. The number of halogens is 3. The van der Waals surface area contributed by atoms with E-state index in [1.54, 1.807) is 18.2 Å². The molecule has 0 saturated heterocycles. The Balaban J connectivity index is 2.14. The first kappa shape index (κ1) is 14.9. The number of nitrogens with two attached hydrogens (primary N) is 1. The molecule has 0 aliphatic heterocycles. The highest BCUT2D eigenvalue weighted by atomic mass is 19.4. The van der Waals surface area contributed by atoms with Crippen molar-refractivity contribution >= 4 is 11.6 Å². The molecular weight excluding hydrogens is 285 g/mol. The zero-order chi connectivity index (χ0) is 15.5. The molecule has 0 fully saturated rings. The summed E-state index contributed by atoms with van der Waals surface area (Å²) in [5, 5.41) is 2.78. The van der Waals surface area contributed by atoms with E-state index in [1.165, 1.54) is 13.2 Å². The average Bonchev–Trinajstić information content (AvgIpc) is 2.44. The van der Waals surface area contributed by atoms with Crippen LogP contribution in [0.1, 0.15) is 11.4 Å². The lowest BCUT2D eigenvalue weighted by Crippen LogP contribution is -2.14. The number of methoxy groups -OCH3 is 1. The lowest BCUT2D eigenvalue weighted by atomic mass is 10.2. The monoisotopic (exact) mass is 298 g/mol. The second-order valence-electron chi connectivity index (χ2n) is 4.20. The predicted molar refractivity (Wildman–Crippen MR) is 71.8 cm³/mol. The highest BCUT2D eigenvalue weighted by molar-refractivity contribution is 5.45. The number of hydrogen-bond donors (Lipinski definition) is 2. The van der Waals surface area contributed by atoms with Crippen molar-refractivity contribution in [2.24, 2.45) is 0 Å². The van der Waals surface area contributed by atoms with Crippen LogP contribution in [-0.4, -0.2) is 17.1 Å². The van der Waals surface area contributed by atoms with Gasteiger partial charge in [0, 0.05) is 12.6 Å². The van der Waals surface area contributed by atoms with Crippen molar-refractivity contribution in [2.75, 3.05) is 18.2 Å². The van der Waals surface area contributed by atoms with Crippen LogP contribution >= 0.6 is 0 Å². The fraction of sp³-hybridized carbons (Fsp3) is 0.231. The molecule has 1 aromatic heterocycles. The van der Waals surface area contributed by atoms with Crippen LogP contribution < -0.4 is 15.8 Å². The Bertz CT molecular complexity index is 631. The van der Waals surface area contributed by atoms with Crippen molar-refractivity contribution < 1.29 is 17.9 Å². The molecule has 0 amide bonds. The van der Waals surface area contributed by atoms with Crippen molar-refractivity contribution in [1.82, 2.24) is 9.97 Å². The lowest BCUT2D eigenvalue weighted by Gasteiger charge is -2.10. The van der Waals surface area contributed by atoms with Crippen LogP contribution in [0.15, 0.2) is 30.3 Å². The summed E-state index contributed by atoms with van der Waals surface area (Å²) in [7, 11) is 1.53. The number of hydrogen-bond acceptors (Lipinski definition) is 5. The topological polar surface area (TPSA) is 73.1 Å². The van der Waals surface area contributed by atoms with Gasteiger partial charge in [0.15, 0.2) is 0 Å². The van der Waals surface area contributed by atoms with E-state index in [0.717, 1.165) is 5.56 Å². The second kappa shape index (κ2) is 5.86. The molecule has 2 aromatic rings. The SMILES string of the molecule is COc1cccc(CNc2cc(N)nc(C(F)(F)F)n2)c1. The largest absolute Gasteiger partial charge is 0.497 e. The molecule has 0 aliphatic carbocycles. The molecule has 5 nitrogen and oxygen atoms in total. The van der Waals surface area contributed by atoms with Gasteiger partial charge < -0.3 is 15.8 Å². The van der Waals surface area contributed by atoms with Crippen LogP contribution in [0, 0.1) is 0 Å². The molecule has 2 rings (SSSR count). The lowest BCUT2D eigenvalue weighted by molar-refractivity contribution is -0.144. The van der Waals surface area contributed by atoms with Gasteiger partial charge in [0.25, 0.3) is 0 Å². The molecule has 112 valence electrons. The number of aromatic nitrogens is 2. The van der Waals surface area contributed by atoms with E-state index in [4.69, 9.17) is 10.5 Å². The smallest absolute Gasteiger partial charge is 0.451 e. The maximum atomic E-state index is 12.6. The Kier molecular flexibility index (Phi) is 4.15. The van der Waals surface area contributed by atoms with Crippen LogP contribution in [0.3, 0.4) is 0 Å². The maximum absolute atomic E-state index is 12.6. The number of anilines is 2. The molecule has 21 heavy (non-hydrogen) atoms. The molecule has 1 heterocycles. The van der Waals surface area contributed by atoms with E-state index in [2.05, 4.69) is 15.3 Å². The van der Waals surface area contributed by atoms with Gasteiger partial charge in [-0.05, 0) is 17.7 Å². The summed E-state index contributed by atoms with van der Waals surface area (Å²) in [6.07, 6.45) is -4.64.